The lowest BCUT2D eigenvalue weighted by Crippen LogP contribution is -2.44. The van der Waals surface area contributed by atoms with Gasteiger partial charge in [-0.1, -0.05) is 6.07 Å². The van der Waals surface area contributed by atoms with Gasteiger partial charge in [0, 0.05) is 50.2 Å². The van der Waals surface area contributed by atoms with Gasteiger partial charge in [0.1, 0.15) is 5.82 Å². The Bertz CT molecular complexity index is 724. The molecule has 1 aliphatic heterocycles. The molecule has 1 aromatic heterocycles. The zero-order chi connectivity index (χ0) is 16.9. The van der Waals surface area contributed by atoms with Crippen LogP contribution >= 0.6 is 37.2 Å². The molecule has 3 rings (SSSR count). The number of carbonyl (C=O) groups is 1. The number of piperazine rings is 1. The van der Waals surface area contributed by atoms with Crippen LogP contribution < -0.4 is 16.0 Å². The zero-order valence-corrected chi connectivity index (χ0v) is 17.6. The maximum Gasteiger partial charge on any atom is 0.251 e. The molecule has 1 amide bonds. The molecule has 150 valence electrons. The van der Waals surface area contributed by atoms with Crippen LogP contribution in [0.25, 0.3) is 0 Å². The summed E-state index contributed by atoms with van der Waals surface area (Å²) in [6, 6.07) is 11.0. The maximum atomic E-state index is 12.2. The molecular weight excluding hydrogens is 409 g/mol. The Morgan fingerprint density at radius 2 is 1.81 bits per heavy atom. The zero-order valence-electron chi connectivity index (χ0n) is 15.1. The second-order valence-electron chi connectivity index (χ2n) is 6.12. The number of nitrogens with zero attached hydrogens (tertiary/aromatic N) is 3. The number of carbonyl (C=O) groups excluding carboxylic acids is 1. The van der Waals surface area contributed by atoms with E-state index in [9.17, 15) is 4.79 Å². The molecule has 0 aliphatic carbocycles. The first-order valence-corrected chi connectivity index (χ1v) is 8.14. The highest BCUT2D eigenvalue weighted by Gasteiger charge is 2.15. The number of benzene rings is 1. The SMILES string of the molecule is CN1CCN(c2cc(CNC(=O)c3cccc(N)c3)ccn2)CC1.Cl.Cl.Cl. The summed E-state index contributed by atoms with van der Waals surface area (Å²) in [5.41, 5.74) is 7.92. The Hall–Kier alpha value is -1.73. The molecule has 0 saturated carbocycles. The van der Waals surface area contributed by atoms with Gasteiger partial charge in [-0.2, -0.15) is 0 Å². The van der Waals surface area contributed by atoms with Crippen LogP contribution in [0.1, 0.15) is 15.9 Å². The largest absolute Gasteiger partial charge is 0.399 e. The van der Waals surface area contributed by atoms with E-state index in [-0.39, 0.29) is 43.1 Å². The highest BCUT2D eigenvalue weighted by Crippen LogP contribution is 2.15. The van der Waals surface area contributed by atoms with E-state index in [2.05, 4.69) is 27.1 Å². The number of nitrogens with one attached hydrogen (secondary N) is 1. The van der Waals surface area contributed by atoms with Gasteiger partial charge in [-0.05, 0) is 42.9 Å². The average molecular weight is 435 g/mol. The smallest absolute Gasteiger partial charge is 0.251 e. The fourth-order valence-electron chi connectivity index (χ4n) is 2.74. The normalized spacial score (nSPS) is 13.6. The van der Waals surface area contributed by atoms with Crippen LogP contribution in [0.5, 0.6) is 0 Å². The second kappa shape index (κ2) is 11.9. The molecule has 0 atom stereocenters. The third kappa shape index (κ3) is 7.07. The van der Waals surface area contributed by atoms with Crippen LogP contribution in [0.3, 0.4) is 0 Å². The number of rotatable bonds is 4. The standard InChI is InChI=1S/C18H23N5O.3ClH/c1-22-7-9-23(10-8-22)17-11-14(5-6-20-17)13-21-18(24)15-3-2-4-16(19)12-15;;;/h2-6,11-12H,7-10,13,19H2,1H3,(H,21,24);3*1H. The Morgan fingerprint density at radius 1 is 1.11 bits per heavy atom. The molecule has 9 heteroatoms. The molecule has 2 heterocycles. The molecule has 0 bridgehead atoms. The molecular formula is C18H26Cl3N5O. The average Bonchev–Trinajstić information content (AvgIpc) is 2.60. The van der Waals surface area contributed by atoms with Gasteiger partial charge in [-0.25, -0.2) is 4.98 Å². The highest BCUT2D eigenvalue weighted by atomic mass is 35.5. The third-order valence-electron chi connectivity index (χ3n) is 4.24. The van der Waals surface area contributed by atoms with E-state index in [1.165, 1.54) is 0 Å². The summed E-state index contributed by atoms with van der Waals surface area (Å²) in [4.78, 5) is 21.3. The minimum Gasteiger partial charge on any atom is -0.399 e. The second-order valence-corrected chi connectivity index (χ2v) is 6.12. The number of amides is 1. The third-order valence-corrected chi connectivity index (χ3v) is 4.24. The Balaban J connectivity index is 0.00000225. The van der Waals surface area contributed by atoms with Crippen LogP contribution in [0, 0.1) is 0 Å². The fourth-order valence-corrected chi connectivity index (χ4v) is 2.74. The predicted molar refractivity (Wildman–Crippen MR) is 118 cm³/mol. The van der Waals surface area contributed by atoms with Crippen molar-refractivity contribution < 1.29 is 4.79 Å². The summed E-state index contributed by atoms with van der Waals surface area (Å²) in [7, 11) is 2.13. The van der Waals surface area contributed by atoms with Gasteiger partial charge >= 0.3 is 0 Å². The maximum absolute atomic E-state index is 12.2. The van der Waals surface area contributed by atoms with E-state index in [1.54, 1.807) is 30.5 Å². The molecule has 6 nitrogen and oxygen atoms in total. The van der Waals surface area contributed by atoms with Gasteiger partial charge in [0.2, 0.25) is 0 Å². The van der Waals surface area contributed by atoms with Crippen molar-refractivity contribution in [3.8, 4) is 0 Å². The summed E-state index contributed by atoms with van der Waals surface area (Å²) in [6.45, 7) is 4.50. The van der Waals surface area contributed by atoms with Gasteiger partial charge in [-0.15, -0.1) is 37.2 Å². The van der Waals surface area contributed by atoms with Crippen LogP contribution in [-0.4, -0.2) is 49.0 Å². The van der Waals surface area contributed by atoms with Crippen molar-refractivity contribution >= 4 is 54.6 Å². The van der Waals surface area contributed by atoms with Crippen molar-refractivity contribution in [1.29, 1.82) is 0 Å². The Morgan fingerprint density at radius 3 is 2.48 bits per heavy atom. The number of nitrogen functional groups attached to an aromatic ring is 1. The number of halogens is 3. The number of hydrogen-bond donors (Lipinski definition) is 2. The van der Waals surface area contributed by atoms with E-state index in [1.807, 2.05) is 12.1 Å². The van der Waals surface area contributed by atoms with E-state index in [0.717, 1.165) is 37.6 Å². The number of aromatic nitrogens is 1. The summed E-state index contributed by atoms with van der Waals surface area (Å²) in [5.74, 6) is 0.846. The van der Waals surface area contributed by atoms with Crippen molar-refractivity contribution in [2.45, 2.75) is 6.54 Å². The molecule has 0 unspecified atom stereocenters. The number of nitrogens with two attached hydrogens (primary N) is 1. The molecule has 1 saturated heterocycles. The number of hydrogen-bond acceptors (Lipinski definition) is 5. The lowest BCUT2D eigenvalue weighted by atomic mass is 10.2. The van der Waals surface area contributed by atoms with Gasteiger partial charge < -0.3 is 20.9 Å². The Kier molecular flexibility index (Phi) is 11.1. The molecule has 1 aromatic carbocycles. The van der Waals surface area contributed by atoms with Crippen molar-refractivity contribution in [3.63, 3.8) is 0 Å². The van der Waals surface area contributed by atoms with Crippen LogP contribution in [-0.2, 0) is 6.54 Å². The van der Waals surface area contributed by atoms with Crippen molar-refractivity contribution in [1.82, 2.24) is 15.2 Å². The first-order chi connectivity index (χ1) is 11.6. The van der Waals surface area contributed by atoms with Gasteiger partial charge in [0.25, 0.3) is 5.91 Å². The summed E-state index contributed by atoms with van der Waals surface area (Å²) >= 11 is 0. The van der Waals surface area contributed by atoms with Crippen molar-refractivity contribution in [3.05, 3.63) is 53.7 Å². The first kappa shape index (κ1) is 25.3. The predicted octanol–water partition coefficient (Wildman–Crippen LogP) is 2.61. The Labute approximate surface area is 178 Å². The van der Waals surface area contributed by atoms with E-state index < -0.39 is 0 Å². The number of likely N-dealkylation sites (N-methyl/N-ethyl adjacent to an activating group) is 1. The van der Waals surface area contributed by atoms with Crippen LogP contribution in [0.2, 0.25) is 0 Å². The minimum atomic E-state index is -0.125. The highest BCUT2D eigenvalue weighted by molar-refractivity contribution is 5.94. The lowest BCUT2D eigenvalue weighted by Gasteiger charge is -2.33. The van der Waals surface area contributed by atoms with Gasteiger partial charge in [-0.3, -0.25) is 4.79 Å². The topological polar surface area (TPSA) is 74.5 Å². The molecule has 1 aliphatic rings. The summed E-state index contributed by atoms with van der Waals surface area (Å²) < 4.78 is 0. The molecule has 2 aromatic rings. The monoisotopic (exact) mass is 433 g/mol. The minimum absolute atomic E-state index is 0. The van der Waals surface area contributed by atoms with Gasteiger partial charge in [0.05, 0.1) is 0 Å². The summed E-state index contributed by atoms with van der Waals surface area (Å²) in [6.07, 6.45) is 1.80. The van der Waals surface area contributed by atoms with E-state index >= 15 is 0 Å². The quantitative estimate of drug-likeness (QED) is 0.724. The molecule has 27 heavy (non-hydrogen) atoms. The molecule has 0 spiro atoms. The molecule has 0 radical (unpaired) electrons. The first-order valence-electron chi connectivity index (χ1n) is 8.14. The van der Waals surface area contributed by atoms with Crippen molar-refractivity contribution in [2.75, 3.05) is 43.9 Å². The van der Waals surface area contributed by atoms with Crippen molar-refractivity contribution in [2.24, 2.45) is 0 Å². The van der Waals surface area contributed by atoms with Gasteiger partial charge in [0.15, 0.2) is 0 Å². The van der Waals surface area contributed by atoms with Crippen LogP contribution in [0.4, 0.5) is 11.5 Å². The van der Waals surface area contributed by atoms with E-state index in [0.29, 0.717) is 17.8 Å². The fraction of sp³-hybridized carbons (Fsp3) is 0.333. The summed E-state index contributed by atoms with van der Waals surface area (Å²) in [5, 5.41) is 2.93. The molecule has 1 fully saturated rings. The lowest BCUT2D eigenvalue weighted by molar-refractivity contribution is 0.0951. The van der Waals surface area contributed by atoms with Crippen LogP contribution in [0.15, 0.2) is 42.6 Å². The van der Waals surface area contributed by atoms with E-state index in [4.69, 9.17) is 5.73 Å². The number of pyridine rings is 1. The number of anilines is 2. The molecule has 3 N–H and O–H groups in total.